The normalized spacial score (nSPS) is 23.1. The molecule has 9 rings (SSSR count). The molecule has 2 aromatic heterocycles. The van der Waals surface area contributed by atoms with Crippen molar-refractivity contribution in [3.8, 4) is 5.75 Å². The minimum atomic E-state index is -0.990. The van der Waals surface area contributed by atoms with Crippen molar-refractivity contribution in [1.29, 1.82) is 0 Å². The van der Waals surface area contributed by atoms with E-state index in [1.54, 1.807) is 29.0 Å². The molecule has 64 heavy (non-hydrogen) atoms. The predicted molar refractivity (Wildman–Crippen MR) is 238 cm³/mol. The lowest BCUT2D eigenvalue weighted by Gasteiger charge is -2.49. The van der Waals surface area contributed by atoms with Gasteiger partial charge < -0.3 is 34.9 Å². The fourth-order valence-electron chi connectivity index (χ4n) is 9.65. The molecular formula is C45H51ClN10O8. The molecule has 2 aromatic carbocycles. The number of amides is 5. The smallest absolute Gasteiger partial charge is 0.293 e. The second-order valence-corrected chi connectivity index (χ2v) is 18.0. The molecule has 2 atom stereocenters. The zero-order valence-corrected chi connectivity index (χ0v) is 36.7. The number of primary amides is 1. The maximum Gasteiger partial charge on any atom is 0.293 e. The lowest BCUT2D eigenvalue weighted by molar-refractivity contribution is -0.136. The van der Waals surface area contributed by atoms with E-state index in [-0.39, 0.29) is 54.0 Å². The summed E-state index contributed by atoms with van der Waals surface area (Å²) >= 11 is 6.58. The Morgan fingerprint density at radius 3 is 2.44 bits per heavy atom. The number of halogens is 1. The standard InChI is InChI=1S/C45H51ClN10O8/c1-24(2)55-35-7-4-27(16-26(35)17-37(44(55)62)63-23-38(47)57)49-40-34(46)21-48-45(51-40)52-12-10-30(11-13-52)64-31-18-29(19-31)53-14-15-54(25(3)22-53)28-5-6-32-33(20-28)43(61)56(42(32)60)36-8-9-39(58)50-41(36)59/h4-7,16-17,20-21,24-25,29-31,36H,8-15,18-19,22-23H2,1-3H3,(H2,47,57)(H,48,49,51)(H,50,58,59)/t25-,29?,31?,36?/m1/s1. The van der Waals surface area contributed by atoms with E-state index in [0.717, 1.165) is 74.4 Å². The first-order valence-electron chi connectivity index (χ1n) is 21.9. The Kier molecular flexibility index (Phi) is 11.8. The number of ether oxygens (including phenoxy) is 2. The monoisotopic (exact) mass is 894 g/mol. The highest BCUT2D eigenvalue weighted by Gasteiger charge is 2.45. The predicted octanol–water partition coefficient (Wildman–Crippen LogP) is 3.76. The Bertz CT molecular complexity index is 2610. The molecule has 0 spiro atoms. The van der Waals surface area contributed by atoms with Gasteiger partial charge in [0.25, 0.3) is 23.3 Å². The molecule has 0 radical (unpaired) electrons. The van der Waals surface area contributed by atoms with Gasteiger partial charge >= 0.3 is 0 Å². The van der Waals surface area contributed by atoms with E-state index < -0.39 is 42.2 Å². The first-order chi connectivity index (χ1) is 30.7. The van der Waals surface area contributed by atoms with Gasteiger partial charge in [-0.1, -0.05) is 11.6 Å². The average molecular weight is 895 g/mol. The third kappa shape index (κ3) is 8.36. The van der Waals surface area contributed by atoms with Crippen LogP contribution in [-0.2, 0) is 19.1 Å². The Balaban J connectivity index is 0.755. The molecule has 4 fully saturated rings. The van der Waals surface area contributed by atoms with Crippen molar-refractivity contribution in [2.24, 2.45) is 5.73 Å². The number of fused-ring (bicyclic) bond motifs is 2. The number of piperidine rings is 2. The highest BCUT2D eigenvalue weighted by molar-refractivity contribution is 6.33. The van der Waals surface area contributed by atoms with Crippen molar-refractivity contribution in [2.75, 3.05) is 54.4 Å². The van der Waals surface area contributed by atoms with Crippen LogP contribution in [0.5, 0.6) is 5.75 Å². The Morgan fingerprint density at radius 2 is 1.72 bits per heavy atom. The summed E-state index contributed by atoms with van der Waals surface area (Å²) in [4.78, 5) is 92.6. The fourth-order valence-corrected chi connectivity index (χ4v) is 9.79. The van der Waals surface area contributed by atoms with E-state index >= 15 is 0 Å². The molecule has 1 unspecified atom stereocenters. The van der Waals surface area contributed by atoms with Crippen molar-refractivity contribution >= 4 is 75.2 Å². The van der Waals surface area contributed by atoms with Crippen LogP contribution < -0.4 is 36.5 Å². The van der Waals surface area contributed by atoms with Crippen LogP contribution >= 0.6 is 11.6 Å². The van der Waals surface area contributed by atoms with Crippen LogP contribution in [-0.4, -0.2) is 124 Å². The van der Waals surface area contributed by atoms with Gasteiger partial charge in [-0.2, -0.15) is 4.98 Å². The van der Waals surface area contributed by atoms with Gasteiger partial charge in [0, 0.05) is 74.0 Å². The molecule has 5 aliphatic rings. The number of hydrogen-bond donors (Lipinski definition) is 3. The van der Waals surface area contributed by atoms with Gasteiger partial charge in [0.15, 0.2) is 18.2 Å². The molecule has 5 amide bonds. The SMILES string of the molecule is CC(C)n1c(=O)c(OCC(N)=O)cc2cc(Nc3nc(N4CCC(OC5CC(N6CCN(c7ccc8c(c7)C(=O)N(C7CCC(=O)NC7=O)C8=O)[C@H](C)C6)C5)CC4)ncc3Cl)ccc21. The third-order valence-corrected chi connectivity index (χ3v) is 13.3. The van der Waals surface area contributed by atoms with Gasteiger partial charge in [-0.15, -0.1) is 0 Å². The van der Waals surface area contributed by atoms with Gasteiger partial charge in [-0.25, -0.2) is 4.98 Å². The van der Waals surface area contributed by atoms with Gasteiger partial charge in [0.05, 0.1) is 35.0 Å². The van der Waals surface area contributed by atoms with Crippen molar-refractivity contribution in [1.82, 2.24) is 29.7 Å². The van der Waals surface area contributed by atoms with Crippen LogP contribution in [0.3, 0.4) is 0 Å². The van der Waals surface area contributed by atoms with Gasteiger partial charge in [0.1, 0.15) is 11.1 Å². The van der Waals surface area contributed by atoms with Gasteiger partial charge in [0.2, 0.25) is 17.8 Å². The Hall–Kier alpha value is -6.11. The average Bonchev–Trinajstić information content (AvgIpc) is 3.49. The van der Waals surface area contributed by atoms with Crippen LogP contribution in [0.25, 0.3) is 10.9 Å². The van der Waals surface area contributed by atoms with E-state index in [9.17, 15) is 28.8 Å². The molecule has 3 saturated heterocycles. The van der Waals surface area contributed by atoms with Crippen LogP contribution in [0.2, 0.25) is 5.02 Å². The summed E-state index contributed by atoms with van der Waals surface area (Å²) < 4.78 is 13.7. The van der Waals surface area contributed by atoms with E-state index in [4.69, 9.17) is 31.8 Å². The lowest BCUT2D eigenvalue weighted by atomic mass is 9.86. The van der Waals surface area contributed by atoms with Crippen LogP contribution in [0, 0.1) is 0 Å². The zero-order valence-electron chi connectivity index (χ0n) is 35.9. The molecule has 336 valence electrons. The molecule has 4 aliphatic heterocycles. The Labute approximate surface area is 374 Å². The van der Waals surface area contributed by atoms with E-state index in [2.05, 4.69) is 37.2 Å². The van der Waals surface area contributed by atoms with Crippen LogP contribution in [0.1, 0.15) is 86.1 Å². The number of rotatable bonds is 12. The molecule has 1 aliphatic carbocycles. The number of nitrogens with one attached hydrogen (secondary N) is 2. The molecule has 6 heterocycles. The number of carbonyl (C=O) groups is 5. The maximum atomic E-state index is 13.4. The first-order valence-corrected chi connectivity index (χ1v) is 22.3. The summed E-state index contributed by atoms with van der Waals surface area (Å²) in [7, 11) is 0. The van der Waals surface area contributed by atoms with Crippen LogP contribution in [0.15, 0.2) is 53.5 Å². The van der Waals surface area contributed by atoms with Crippen molar-refractivity contribution in [2.45, 2.75) is 95.7 Å². The molecule has 0 bridgehead atoms. The van der Waals surface area contributed by atoms with E-state index in [1.807, 2.05) is 38.1 Å². The number of hydrogen-bond acceptors (Lipinski definition) is 14. The molecular weight excluding hydrogens is 844 g/mol. The molecule has 1 saturated carbocycles. The number of piperazine rings is 1. The van der Waals surface area contributed by atoms with Crippen LogP contribution in [0.4, 0.5) is 23.1 Å². The quantitative estimate of drug-likeness (QED) is 0.173. The van der Waals surface area contributed by atoms with Gasteiger partial charge in [-0.3, -0.25) is 43.9 Å². The summed E-state index contributed by atoms with van der Waals surface area (Å²) in [5, 5.41) is 6.63. The minimum Gasteiger partial charge on any atom is -0.478 e. The molecule has 4 aromatic rings. The van der Waals surface area contributed by atoms with Crippen molar-refractivity contribution < 1.29 is 33.4 Å². The number of imide groups is 2. The van der Waals surface area contributed by atoms with Crippen molar-refractivity contribution in [3.05, 3.63) is 75.2 Å². The zero-order chi connectivity index (χ0) is 45.0. The largest absolute Gasteiger partial charge is 0.478 e. The van der Waals surface area contributed by atoms with Gasteiger partial charge in [-0.05, 0) is 95.3 Å². The second kappa shape index (κ2) is 17.5. The second-order valence-electron chi connectivity index (χ2n) is 17.6. The first kappa shape index (κ1) is 43.2. The topological polar surface area (TPSA) is 215 Å². The number of pyridine rings is 1. The van der Waals surface area contributed by atoms with Crippen molar-refractivity contribution in [3.63, 3.8) is 0 Å². The van der Waals surface area contributed by atoms with E-state index in [1.165, 1.54) is 0 Å². The maximum absolute atomic E-state index is 13.4. The summed E-state index contributed by atoms with van der Waals surface area (Å²) in [6, 6.07) is 11.9. The van der Waals surface area contributed by atoms with E-state index in [0.29, 0.717) is 39.6 Å². The molecule has 19 heteroatoms. The molecule has 4 N–H and O–H groups in total. The lowest BCUT2D eigenvalue weighted by Crippen LogP contribution is -2.59. The summed E-state index contributed by atoms with van der Waals surface area (Å²) in [5.41, 5.74) is 7.75. The number of nitrogens with zero attached hydrogens (tertiary/aromatic N) is 7. The Morgan fingerprint density at radius 1 is 0.953 bits per heavy atom. The number of carbonyl (C=O) groups excluding carboxylic acids is 5. The summed E-state index contributed by atoms with van der Waals surface area (Å²) in [6.07, 6.45) is 5.76. The number of benzene rings is 2. The number of nitrogens with two attached hydrogens (primary N) is 1. The summed E-state index contributed by atoms with van der Waals surface area (Å²) in [6.45, 7) is 9.51. The fraction of sp³-hybridized carbons (Fsp3) is 0.467. The highest BCUT2D eigenvalue weighted by atomic mass is 35.5. The molecule has 18 nitrogen and oxygen atoms in total. The third-order valence-electron chi connectivity index (χ3n) is 13.0. The number of aromatic nitrogens is 3. The highest BCUT2D eigenvalue weighted by Crippen LogP contribution is 2.36. The minimum absolute atomic E-state index is 0.0347. The summed E-state index contributed by atoms with van der Waals surface area (Å²) in [5.74, 6) is -1.65. The number of anilines is 4.